The number of carbonyl (C=O) groups excluding carboxylic acids is 1. The summed E-state index contributed by atoms with van der Waals surface area (Å²) >= 11 is 3.39. The van der Waals surface area contributed by atoms with Gasteiger partial charge in [0.2, 0.25) is 0 Å². The zero-order chi connectivity index (χ0) is 12.3. The molecule has 1 aliphatic rings. The zero-order valence-electron chi connectivity index (χ0n) is 10.0. The Hall–Kier alpha value is -0.620. The van der Waals surface area contributed by atoms with Crippen molar-refractivity contribution in [3.63, 3.8) is 0 Å². The quantitative estimate of drug-likeness (QED) is 0.870. The first kappa shape index (κ1) is 15.4. The Morgan fingerprint density at radius 3 is 3.00 bits per heavy atom. The number of hydrogen-bond donors (Lipinski definition) is 2. The predicted molar refractivity (Wildman–Crippen MR) is 77.4 cm³/mol. The number of carbonyl (C=O) groups is 1. The number of nitrogens with one attached hydrogen (secondary N) is 2. The molecule has 1 unspecified atom stereocenters. The summed E-state index contributed by atoms with van der Waals surface area (Å²) in [6, 6.07) is 5.80. The maximum absolute atomic E-state index is 11.9. The highest BCUT2D eigenvalue weighted by Gasteiger charge is 2.22. The van der Waals surface area contributed by atoms with E-state index in [1.165, 1.54) is 0 Å². The molecular weight excluding hydrogens is 320 g/mol. The molecule has 0 saturated carbocycles. The fraction of sp³-hybridized carbons (Fsp3) is 0.417. The van der Waals surface area contributed by atoms with Gasteiger partial charge in [0.05, 0.1) is 6.61 Å². The molecule has 1 fully saturated rings. The molecule has 0 aromatic heterocycles. The standard InChI is InChI=1S/C12H15BrN2O2.ClH/c1-8-2-3-9(13)6-10(8)15-12(16)11-7-14-4-5-17-11;/h2-3,6,11,14H,4-5,7H2,1H3,(H,15,16);1H. The topological polar surface area (TPSA) is 50.4 Å². The largest absolute Gasteiger partial charge is 0.366 e. The van der Waals surface area contributed by atoms with E-state index < -0.39 is 6.10 Å². The first-order valence-electron chi connectivity index (χ1n) is 5.56. The third-order valence-electron chi connectivity index (χ3n) is 2.68. The van der Waals surface area contributed by atoms with Crippen LogP contribution in [-0.4, -0.2) is 31.7 Å². The maximum atomic E-state index is 11.9. The highest BCUT2D eigenvalue weighted by molar-refractivity contribution is 9.10. The molecule has 4 nitrogen and oxygen atoms in total. The Morgan fingerprint density at radius 1 is 1.56 bits per heavy atom. The Kier molecular flexibility index (Phi) is 6.08. The van der Waals surface area contributed by atoms with Gasteiger partial charge in [0.25, 0.3) is 5.91 Å². The second-order valence-corrected chi connectivity index (χ2v) is 4.93. The summed E-state index contributed by atoms with van der Waals surface area (Å²) < 4.78 is 6.34. The number of aryl methyl sites for hydroxylation is 1. The number of halogens is 2. The Balaban J connectivity index is 0.00000162. The molecular formula is C12H16BrClN2O2. The van der Waals surface area contributed by atoms with E-state index in [0.29, 0.717) is 13.2 Å². The lowest BCUT2D eigenvalue weighted by atomic mass is 10.2. The van der Waals surface area contributed by atoms with Crippen molar-refractivity contribution in [3.05, 3.63) is 28.2 Å². The number of hydrogen-bond acceptors (Lipinski definition) is 3. The fourth-order valence-corrected chi connectivity index (χ4v) is 2.04. The molecule has 2 rings (SSSR count). The van der Waals surface area contributed by atoms with Gasteiger partial charge in [-0.1, -0.05) is 22.0 Å². The van der Waals surface area contributed by atoms with Crippen LogP contribution >= 0.6 is 28.3 Å². The second kappa shape index (κ2) is 7.09. The lowest BCUT2D eigenvalue weighted by Crippen LogP contribution is -2.45. The molecule has 18 heavy (non-hydrogen) atoms. The first-order chi connectivity index (χ1) is 8.16. The average Bonchev–Trinajstić information content (AvgIpc) is 2.35. The van der Waals surface area contributed by atoms with Crippen molar-refractivity contribution in [3.8, 4) is 0 Å². The highest BCUT2D eigenvalue weighted by atomic mass is 79.9. The smallest absolute Gasteiger partial charge is 0.254 e. The van der Waals surface area contributed by atoms with E-state index >= 15 is 0 Å². The summed E-state index contributed by atoms with van der Waals surface area (Å²) in [6.07, 6.45) is -0.401. The molecule has 1 saturated heterocycles. The Labute approximate surface area is 121 Å². The van der Waals surface area contributed by atoms with Crippen LogP contribution in [-0.2, 0) is 9.53 Å². The molecule has 1 aliphatic heterocycles. The van der Waals surface area contributed by atoms with Crippen molar-refractivity contribution >= 4 is 39.9 Å². The molecule has 1 atom stereocenters. The molecule has 6 heteroatoms. The number of anilines is 1. The van der Waals surface area contributed by atoms with Gasteiger partial charge in [-0.2, -0.15) is 0 Å². The van der Waals surface area contributed by atoms with E-state index in [9.17, 15) is 4.79 Å². The van der Waals surface area contributed by atoms with Crippen LogP contribution in [0.4, 0.5) is 5.69 Å². The third kappa shape index (κ3) is 3.95. The molecule has 100 valence electrons. The van der Waals surface area contributed by atoms with Crippen LogP contribution in [0.3, 0.4) is 0 Å². The third-order valence-corrected chi connectivity index (χ3v) is 3.17. The van der Waals surface area contributed by atoms with E-state index in [-0.39, 0.29) is 18.3 Å². The monoisotopic (exact) mass is 334 g/mol. The van der Waals surface area contributed by atoms with Crippen LogP contribution in [0, 0.1) is 6.92 Å². The summed E-state index contributed by atoms with van der Waals surface area (Å²) in [7, 11) is 0. The number of benzene rings is 1. The number of amides is 1. The van der Waals surface area contributed by atoms with Gasteiger partial charge in [0.1, 0.15) is 6.10 Å². The van der Waals surface area contributed by atoms with E-state index in [1.54, 1.807) is 0 Å². The van der Waals surface area contributed by atoms with Crippen LogP contribution in [0.1, 0.15) is 5.56 Å². The molecule has 1 aromatic rings. The highest BCUT2D eigenvalue weighted by Crippen LogP contribution is 2.20. The molecule has 1 aromatic carbocycles. The van der Waals surface area contributed by atoms with E-state index in [4.69, 9.17) is 4.74 Å². The summed E-state index contributed by atoms with van der Waals surface area (Å²) in [5.74, 6) is -0.0987. The number of rotatable bonds is 2. The van der Waals surface area contributed by atoms with Gasteiger partial charge in [-0.05, 0) is 24.6 Å². The van der Waals surface area contributed by atoms with Crippen molar-refractivity contribution in [1.82, 2.24) is 5.32 Å². The molecule has 1 amide bonds. The molecule has 0 spiro atoms. The lowest BCUT2D eigenvalue weighted by molar-refractivity contribution is -0.128. The van der Waals surface area contributed by atoms with Gasteiger partial charge in [0.15, 0.2) is 0 Å². The van der Waals surface area contributed by atoms with Crippen LogP contribution in [0.2, 0.25) is 0 Å². The minimum atomic E-state index is -0.401. The van der Waals surface area contributed by atoms with Crippen molar-refractivity contribution in [2.75, 3.05) is 25.0 Å². The predicted octanol–water partition coefficient (Wildman–Crippen LogP) is 2.11. The minimum Gasteiger partial charge on any atom is -0.366 e. The van der Waals surface area contributed by atoms with E-state index in [0.717, 1.165) is 22.3 Å². The molecule has 0 radical (unpaired) electrons. The van der Waals surface area contributed by atoms with Crippen LogP contribution in [0.5, 0.6) is 0 Å². The summed E-state index contributed by atoms with van der Waals surface area (Å²) in [5.41, 5.74) is 1.85. The van der Waals surface area contributed by atoms with E-state index in [1.807, 2.05) is 25.1 Å². The lowest BCUT2D eigenvalue weighted by Gasteiger charge is -2.23. The molecule has 2 N–H and O–H groups in total. The fourth-order valence-electron chi connectivity index (χ4n) is 1.68. The Morgan fingerprint density at radius 2 is 2.33 bits per heavy atom. The van der Waals surface area contributed by atoms with Gasteiger partial charge in [-0.3, -0.25) is 4.79 Å². The molecule has 0 bridgehead atoms. The normalized spacial score (nSPS) is 18.9. The minimum absolute atomic E-state index is 0. The van der Waals surface area contributed by atoms with Crippen molar-refractivity contribution in [2.45, 2.75) is 13.0 Å². The first-order valence-corrected chi connectivity index (χ1v) is 6.35. The molecule has 1 heterocycles. The van der Waals surface area contributed by atoms with Crippen molar-refractivity contribution in [2.24, 2.45) is 0 Å². The maximum Gasteiger partial charge on any atom is 0.254 e. The van der Waals surface area contributed by atoms with Crippen LogP contribution < -0.4 is 10.6 Å². The van der Waals surface area contributed by atoms with Gasteiger partial charge in [0, 0.05) is 23.2 Å². The van der Waals surface area contributed by atoms with Crippen molar-refractivity contribution in [1.29, 1.82) is 0 Å². The SMILES string of the molecule is Cc1ccc(Br)cc1NC(=O)C1CNCCO1.Cl. The van der Waals surface area contributed by atoms with Gasteiger partial charge in [-0.15, -0.1) is 12.4 Å². The second-order valence-electron chi connectivity index (χ2n) is 4.01. The number of ether oxygens (including phenoxy) is 1. The van der Waals surface area contributed by atoms with Gasteiger partial charge >= 0.3 is 0 Å². The molecule has 0 aliphatic carbocycles. The summed E-state index contributed by atoms with van der Waals surface area (Å²) in [6.45, 7) is 3.91. The average molecular weight is 336 g/mol. The summed E-state index contributed by atoms with van der Waals surface area (Å²) in [5, 5.41) is 6.02. The van der Waals surface area contributed by atoms with Crippen molar-refractivity contribution < 1.29 is 9.53 Å². The zero-order valence-corrected chi connectivity index (χ0v) is 12.4. The number of morpholine rings is 1. The van der Waals surface area contributed by atoms with Gasteiger partial charge in [-0.25, -0.2) is 0 Å². The Bertz CT molecular complexity index is 423. The van der Waals surface area contributed by atoms with Gasteiger partial charge < -0.3 is 15.4 Å². The van der Waals surface area contributed by atoms with Crippen LogP contribution in [0.15, 0.2) is 22.7 Å². The van der Waals surface area contributed by atoms with E-state index in [2.05, 4.69) is 26.6 Å². The van der Waals surface area contributed by atoms with Crippen LogP contribution in [0.25, 0.3) is 0 Å². The summed E-state index contributed by atoms with van der Waals surface area (Å²) in [4.78, 5) is 11.9.